The lowest BCUT2D eigenvalue weighted by Crippen LogP contribution is -2.30. The SMILES string of the molecule is CCn1c(CNC(=O)c2ccoc2CN2c3ccccc3CC2C)nc2ccccc21. The number of furan rings is 1. The monoisotopic (exact) mass is 414 g/mol. The number of hydrogen-bond donors (Lipinski definition) is 1. The predicted octanol–water partition coefficient (Wildman–Crippen LogP) is 4.53. The Balaban J connectivity index is 1.33. The minimum Gasteiger partial charge on any atom is -0.467 e. The van der Waals surface area contributed by atoms with Gasteiger partial charge in [-0.25, -0.2) is 4.98 Å². The topological polar surface area (TPSA) is 63.3 Å². The fourth-order valence-corrected chi connectivity index (χ4v) is 4.56. The lowest BCUT2D eigenvalue weighted by atomic mass is 10.1. The summed E-state index contributed by atoms with van der Waals surface area (Å²) in [6.45, 7) is 6.03. The predicted molar refractivity (Wildman–Crippen MR) is 121 cm³/mol. The molecule has 0 saturated heterocycles. The van der Waals surface area contributed by atoms with Crippen molar-refractivity contribution in [2.45, 2.75) is 45.9 Å². The molecule has 1 unspecified atom stereocenters. The number of aryl methyl sites for hydroxylation is 1. The van der Waals surface area contributed by atoms with Crippen molar-refractivity contribution in [1.29, 1.82) is 0 Å². The first kappa shape index (κ1) is 19.4. The zero-order chi connectivity index (χ0) is 21.4. The number of aromatic nitrogens is 2. The second kappa shape index (κ2) is 7.95. The van der Waals surface area contributed by atoms with Crippen molar-refractivity contribution in [3.8, 4) is 0 Å². The fraction of sp³-hybridized carbons (Fsp3) is 0.280. The van der Waals surface area contributed by atoms with Crippen LogP contribution in [0.5, 0.6) is 0 Å². The zero-order valence-electron chi connectivity index (χ0n) is 17.8. The van der Waals surface area contributed by atoms with Crippen molar-refractivity contribution in [3.63, 3.8) is 0 Å². The van der Waals surface area contributed by atoms with Gasteiger partial charge in [-0.15, -0.1) is 0 Å². The Bertz CT molecular complexity index is 1240. The van der Waals surface area contributed by atoms with Crippen LogP contribution in [0.4, 0.5) is 5.69 Å². The van der Waals surface area contributed by atoms with Crippen LogP contribution in [-0.2, 0) is 26.1 Å². The number of amides is 1. The first-order chi connectivity index (χ1) is 15.2. The Kier molecular flexibility index (Phi) is 4.98. The van der Waals surface area contributed by atoms with Crippen LogP contribution >= 0.6 is 0 Å². The molecule has 0 fully saturated rings. The first-order valence-corrected chi connectivity index (χ1v) is 10.8. The highest BCUT2D eigenvalue weighted by Crippen LogP contribution is 2.33. The quantitative estimate of drug-likeness (QED) is 0.503. The molecule has 0 spiro atoms. The summed E-state index contributed by atoms with van der Waals surface area (Å²) in [6.07, 6.45) is 2.60. The van der Waals surface area contributed by atoms with E-state index in [9.17, 15) is 4.79 Å². The van der Waals surface area contributed by atoms with E-state index in [0.717, 1.165) is 29.8 Å². The van der Waals surface area contributed by atoms with Gasteiger partial charge in [0.05, 0.1) is 35.9 Å². The third-order valence-corrected chi connectivity index (χ3v) is 6.11. The first-order valence-electron chi connectivity index (χ1n) is 10.8. The van der Waals surface area contributed by atoms with Crippen molar-refractivity contribution in [1.82, 2.24) is 14.9 Å². The van der Waals surface area contributed by atoms with Gasteiger partial charge in [-0.05, 0) is 50.1 Å². The Hall–Kier alpha value is -3.54. The summed E-state index contributed by atoms with van der Waals surface area (Å²) < 4.78 is 7.87. The standard InChI is InChI=1S/C25H26N4O2/c1-3-28-22-11-7-5-9-20(22)27-24(28)15-26-25(30)19-12-13-31-23(19)16-29-17(2)14-18-8-4-6-10-21(18)29/h4-13,17H,3,14-16H2,1-2H3,(H,26,30). The Morgan fingerprint density at radius 3 is 2.84 bits per heavy atom. The molecule has 31 heavy (non-hydrogen) atoms. The van der Waals surface area contributed by atoms with Gasteiger partial charge in [0.25, 0.3) is 5.91 Å². The summed E-state index contributed by atoms with van der Waals surface area (Å²) in [5.41, 5.74) is 5.16. The van der Waals surface area contributed by atoms with Crippen molar-refractivity contribution < 1.29 is 9.21 Å². The maximum absolute atomic E-state index is 13.0. The molecule has 1 aliphatic heterocycles. The lowest BCUT2D eigenvalue weighted by Gasteiger charge is -2.24. The van der Waals surface area contributed by atoms with Crippen molar-refractivity contribution in [3.05, 3.63) is 83.6 Å². The number of imidazole rings is 1. The minimum atomic E-state index is -0.140. The van der Waals surface area contributed by atoms with E-state index in [2.05, 4.69) is 59.0 Å². The molecule has 2 aromatic carbocycles. The van der Waals surface area contributed by atoms with Crippen LogP contribution in [0.25, 0.3) is 11.0 Å². The molecule has 0 bridgehead atoms. The molecule has 2 aromatic heterocycles. The number of fused-ring (bicyclic) bond motifs is 2. The third kappa shape index (κ3) is 3.48. The number of nitrogens with zero attached hydrogens (tertiary/aromatic N) is 3. The zero-order valence-corrected chi connectivity index (χ0v) is 17.8. The highest BCUT2D eigenvalue weighted by atomic mass is 16.3. The number of carbonyl (C=O) groups is 1. The fourth-order valence-electron chi connectivity index (χ4n) is 4.56. The summed E-state index contributed by atoms with van der Waals surface area (Å²) >= 11 is 0. The van der Waals surface area contributed by atoms with Crippen LogP contribution < -0.4 is 10.2 Å². The van der Waals surface area contributed by atoms with Gasteiger partial charge in [-0.3, -0.25) is 4.79 Å². The maximum Gasteiger partial charge on any atom is 0.255 e. The normalized spacial score (nSPS) is 15.4. The molecule has 0 aliphatic carbocycles. The van der Waals surface area contributed by atoms with Gasteiger partial charge in [0.15, 0.2) is 0 Å². The van der Waals surface area contributed by atoms with E-state index in [1.54, 1.807) is 12.3 Å². The van der Waals surface area contributed by atoms with Gasteiger partial charge < -0.3 is 19.2 Å². The van der Waals surface area contributed by atoms with Crippen LogP contribution in [0, 0.1) is 0 Å². The number of carbonyl (C=O) groups excluding carboxylic acids is 1. The molecule has 1 amide bonds. The molecule has 0 saturated carbocycles. The molecule has 5 rings (SSSR count). The third-order valence-electron chi connectivity index (χ3n) is 6.11. The lowest BCUT2D eigenvalue weighted by molar-refractivity contribution is 0.0947. The number of nitrogens with one attached hydrogen (secondary N) is 1. The van der Waals surface area contributed by atoms with Crippen LogP contribution in [0.15, 0.2) is 65.3 Å². The molecule has 0 radical (unpaired) electrons. The number of hydrogen-bond acceptors (Lipinski definition) is 4. The van der Waals surface area contributed by atoms with E-state index in [0.29, 0.717) is 30.5 Å². The largest absolute Gasteiger partial charge is 0.467 e. The number of benzene rings is 2. The molecule has 1 N–H and O–H groups in total. The van der Waals surface area contributed by atoms with E-state index in [4.69, 9.17) is 9.40 Å². The second-order valence-corrected chi connectivity index (χ2v) is 8.01. The smallest absolute Gasteiger partial charge is 0.255 e. The van der Waals surface area contributed by atoms with Crippen LogP contribution in [0.2, 0.25) is 0 Å². The molecule has 1 atom stereocenters. The van der Waals surface area contributed by atoms with E-state index >= 15 is 0 Å². The molecule has 3 heterocycles. The number of anilines is 1. The summed E-state index contributed by atoms with van der Waals surface area (Å²) in [5.74, 6) is 1.40. The summed E-state index contributed by atoms with van der Waals surface area (Å²) in [6, 6.07) is 18.6. The number of rotatable bonds is 6. The molecule has 4 aromatic rings. The maximum atomic E-state index is 13.0. The highest BCUT2D eigenvalue weighted by Gasteiger charge is 2.28. The molecule has 158 valence electrons. The van der Waals surface area contributed by atoms with Gasteiger partial charge in [0.1, 0.15) is 11.6 Å². The van der Waals surface area contributed by atoms with E-state index in [-0.39, 0.29) is 5.91 Å². The van der Waals surface area contributed by atoms with Crippen molar-refractivity contribution in [2.75, 3.05) is 4.90 Å². The molecule has 6 nitrogen and oxygen atoms in total. The molecule has 6 heteroatoms. The molecule has 1 aliphatic rings. The van der Waals surface area contributed by atoms with Gasteiger partial charge in [0.2, 0.25) is 0 Å². The van der Waals surface area contributed by atoms with E-state index in [1.807, 2.05) is 18.2 Å². The molecular formula is C25H26N4O2. The average molecular weight is 415 g/mol. The second-order valence-electron chi connectivity index (χ2n) is 8.01. The summed E-state index contributed by atoms with van der Waals surface area (Å²) in [7, 11) is 0. The Labute approximate surface area is 181 Å². The summed E-state index contributed by atoms with van der Waals surface area (Å²) in [4.78, 5) is 20.0. The minimum absolute atomic E-state index is 0.140. The Morgan fingerprint density at radius 1 is 1.16 bits per heavy atom. The van der Waals surface area contributed by atoms with Crippen LogP contribution in [-0.4, -0.2) is 21.5 Å². The van der Waals surface area contributed by atoms with Crippen LogP contribution in [0.1, 0.15) is 41.4 Å². The van der Waals surface area contributed by atoms with Crippen molar-refractivity contribution >= 4 is 22.6 Å². The van der Waals surface area contributed by atoms with Crippen molar-refractivity contribution in [2.24, 2.45) is 0 Å². The van der Waals surface area contributed by atoms with Gasteiger partial charge >= 0.3 is 0 Å². The van der Waals surface area contributed by atoms with E-state index in [1.165, 1.54) is 11.3 Å². The highest BCUT2D eigenvalue weighted by molar-refractivity contribution is 5.95. The summed E-state index contributed by atoms with van der Waals surface area (Å²) in [5, 5.41) is 3.03. The number of para-hydroxylation sites is 3. The van der Waals surface area contributed by atoms with Crippen LogP contribution in [0.3, 0.4) is 0 Å². The van der Waals surface area contributed by atoms with Gasteiger partial charge in [0, 0.05) is 18.3 Å². The van der Waals surface area contributed by atoms with Gasteiger partial charge in [-0.1, -0.05) is 30.3 Å². The van der Waals surface area contributed by atoms with E-state index < -0.39 is 0 Å². The Morgan fingerprint density at radius 2 is 1.97 bits per heavy atom. The van der Waals surface area contributed by atoms with Gasteiger partial charge in [-0.2, -0.15) is 0 Å². The average Bonchev–Trinajstić information content (AvgIpc) is 3.47. The molecular weight excluding hydrogens is 388 g/mol.